The van der Waals surface area contributed by atoms with Crippen LogP contribution in [0.4, 0.5) is 0 Å². The second-order valence-corrected chi connectivity index (χ2v) is 4.14. The molecule has 0 aromatic carbocycles. The van der Waals surface area contributed by atoms with Gasteiger partial charge in [0, 0.05) is 26.9 Å². The van der Waals surface area contributed by atoms with Crippen molar-refractivity contribution >= 4 is 0 Å². The molecule has 0 aromatic rings. The fourth-order valence-electron chi connectivity index (χ4n) is 2.10. The number of hydrogen-bond donors (Lipinski definition) is 1. The molecule has 1 heterocycles. The van der Waals surface area contributed by atoms with Crippen molar-refractivity contribution in [1.82, 2.24) is 5.32 Å². The number of hydrogen-bond acceptors (Lipinski definition) is 4. The van der Waals surface area contributed by atoms with Gasteiger partial charge in [-0.05, 0) is 26.7 Å². The lowest BCUT2D eigenvalue weighted by Gasteiger charge is -2.28. The Morgan fingerprint density at radius 2 is 1.93 bits per heavy atom. The Morgan fingerprint density at radius 1 is 1.27 bits per heavy atom. The van der Waals surface area contributed by atoms with Gasteiger partial charge >= 0.3 is 0 Å². The number of rotatable bonds is 6. The molecule has 0 radical (unpaired) electrons. The van der Waals surface area contributed by atoms with Crippen LogP contribution in [0.5, 0.6) is 0 Å². The molecule has 0 aromatic heterocycles. The van der Waals surface area contributed by atoms with Crippen molar-refractivity contribution in [1.29, 1.82) is 0 Å². The highest BCUT2D eigenvalue weighted by molar-refractivity contribution is 4.80. The van der Waals surface area contributed by atoms with Crippen LogP contribution in [-0.2, 0) is 14.2 Å². The van der Waals surface area contributed by atoms with Crippen molar-refractivity contribution in [2.24, 2.45) is 0 Å². The summed E-state index contributed by atoms with van der Waals surface area (Å²) in [7, 11) is 3.31. The van der Waals surface area contributed by atoms with E-state index in [1.165, 1.54) is 6.42 Å². The largest absolute Gasteiger partial charge is 0.377 e. The molecule has 0 amide bonds. The van der Waals surface area contributed by atoms with E-state index in [-0.39, 0.29) is 12.3 Å². The molecule has 0 aliphatic carbocycles. The van der Waals surface area contributed by atoms with Gasteiger partial charge in [0.25, 0.3) is 0 Å². The fourth-order valence-corrected chi connectivity index (χ4v) is 2.10. The summed E-state index contributed by atoms with van der Waals surface area (Å²) in [5, 5.41) is 3.45. The standard InChI is InChI=1S/C11H23NO3/c1-8(10-6-5-7-15-10)12-9(2)11(13-3)14-4/h8-12H,5-7H2,1-4H3. The lowest BCUT2D eigenvalue weighted by atomic mass is 10.1. The summed E-state index contributed by atoms with van der Waals surface area (Å²) in [5.41, 5.74) is 0. The smallest absolute Gasteiger partial charge is 0.171 e. The maximum Gasteiger partial charge on any atom is 0.171 e. The van der Waals surface area contributed by atoms with E-state index in [1.807, 2.05) is 0 Å². The molecule has 1 N–H and O–H groups in total. The van der Waals surface area contributed by atoms with E-state index in [0.29, 0.717) is 12.1 Å². The normalized spacial score (nSPS) is 25.8. The molecule has 1 fully saturated rings. The Kier molecular flexibility index (Phi) is 5.53. The van der Waals surface area contributed by atoms with Gasteiger partial charge in [-0.15, -0.1) is 0 Å². The molecule has 3 unspecified atom stereocenters. The summed E-state index contributed by atoms with van der Waals surface area (Å²) in [6, 6.07) is 0.509. The van der Waals surface area contributed by atoms with Gasteiger partial charge in [0.1, 0.15) is 0 Å². The van der Waals surface area contributed by atoms with Crippen LogP contribution in [0.2, 0.25) is 0 Å². The van der Waals surface area contributed by atoms with Crippen molar-refractivity contribution in [3.63, 3.8) is 0 Å². The van der Waals surface area contributed by atoms with Crippen LogP contribution < -0.4 is 5.32 Å². The molecule has 1 aliphatic heterocycles. The molecule has 0 saturated carbocycles. The van der Waals surface area contributed by atoms with E-state index < -0.39 is 0 Å². The Labute approximate surface area is 92.3 Å². The van der Waals surface area contributed by atoms with Crippen LogP contribution in [0.3, 0.4) is 0 Å². The topological polar surface area (TPSA) is 39.7 Å². The molecule has 90 valence electrons. The van der Waals surface area contributed by atoms with Gasteiger partial charge in [-0.25, -0.2) is 0 Å². The Hall–Kier alpha value is -0.160. The van der Waals surface area contributed by atoms with E-state index in [4.69, 9.17) is 14.2 Å². The van der Waals surface area contributed by atoms with Crippen molar-refractivity contribution in [2.45, 2.75) is 51.2 Å². The first-order valence-electron chi connectivity index (χ1n) is 5.62. The third-order valence-corrected chi connectivity index (χ3v) is 2.92. The van der Waals surface area contributed by atoms with Crippen molar-refractivity contribution in [3.05, 3.63) is 0 Å². The number of ether oxygens (including phenoxy) is 3. The van der Waals surface area contributed by atoms with Crippen LogP contribution in [0.1, 0.15) is 26.7 Å². The van der Waals surface area contributed by atoms with Crippen LogP contribution >= 0.6 is 0 Å². The van der Waals surface area contributed by atoms with Crippen molar-refractivity contribution < 1.29 is 14.2 Å². The van der Waals surface area contributed by atoms with Crippen LogP contribution in [-0.4, -0.2) is 45.3 Å². The molecule has 4 heteroatoms. The van der Waals surface area contributed by atoms with Crippen molar-refractivity contribution in [3.8, 4) is 0 Å². The van der Waals surface area contributed by atoms with E-state index in [0.717, 1.165) is 13.0 Å². The molecular weight excluding hydrogens is 194 g/mol. The van der Waals surface area contributed by atoms with Crippen LogP contribution in [0.15, 0.2) is 0 Å². The fraction of sp³-hybridized carbons (Fsp3) is 1.00. The minimum atomic E-state index is -0.200. The van der Waals surface area contributed by atoms with E-state index in [1.54, 1.807) is 14.2 Å². The minimum Gasteiger partial charge on any atom is -0.377 e. The Morgan fingerprint density at radius 3 is 2.40 bits per heavy atom. The first-order chi connectivity index (χ1) is 7.19. The predicted molar refractivity (Wildman–Crippen MR) is 58.8 cm³/mol. The molecule has 1 aliphatic rings. The molecule has 3 atom stereocenters. The Balaban J connectivity index is 2.32. The maximum atomic E-state index is 5.62. The summed E-state index contributed by atoms with van der Waals surface area (Å²) in [6.45, 7) is 5.10. The molecule has 1 saturated heterocycles. The first-order valence-corrected chi connectivity index (χ1v) is 5.62. The molecule has 0 bridgehead atoms. The third-order valence-electron chi connectivity index (χ3n) is 2.92. The van der Waals surface area contributed by atoms with Crippen LogP contribution in [0.25, 0.3) is 0 Å². The SMILES string of the molecule is COC(OC)C(C)NC(C)C1CCCO1. The lowest BCUT2D eigenvalue weighted by Crippen LogP contribution is -2.48. The average molecular weight is 217 g/mol. The lowest BCUT2D eigenvalue weighted by molar-refractivity contribution is -0.122. The third kappa shape index (κ3) is 3.72. The zero-order valence-corrected chi connectivity index (χ0v) is 10.2. The number of methoxy groups -OCH3 is 2. The highest BCUT2D eigenvalue weighted by atomic mass is 16.7. The predicted octanol–water partition coefficient (Wildman–Crippen LogP) is 1.15. The molecule has 1 rings (SSSR count). The Bertz CT molecular complexity index is 161. The monoisotopic (exact) mass is 217 g/mol. The highest BCUT2D eigenvalue weighted by Crippen LogP contribution is 2.16. The molecule has 15 heavy (non-hydrogen) atoms. The van der Waals surface area contributed by atoms with Crippen molar-refractivity contribution in [2.75, 3.05) is 20.8 Å². The highest BCUT2D eigenvalue weighted by Gasteiger charge is 2.25. The quantitative estimate of drug-likeness (QED) is 0.678. The maximum absolute atomic E-state index is 5.62. The van der Waals surface area contributed by atoms with E-state index >= 15 is 0 Å². The molecule has 0 spiro atoms. The van der Waals surface area contributed by atoms with Gasteiger partial charge in [0.2, 0.25) is 0 Å². The van der Waals surface area contributed by atoms with Gasteiger partial charge in [0.15, 0.2) is 6.29 Å². The molecule has 4 nitrogen and oxygen atoms in total. The zero-order chi connectivity index (χ0) is 11.3. The number of nitrogens with one attached hydrogen (secondary N) is 1. The molecular formula is C11H23NO3. The van der Waals surface area contributed by atoms with Gasteiger partial charge in [-0.2, -0.15) is 0 Å². The summed E-state index contributed by atoms with van der Waals surface area (Å²) in [4.78, 5) is 0. The summed E-state index contributed by atoms with van der Waals surface area (Å²) in [6.07, 6.45) is 2.45. The minimum absolute atomic E-state index is 0.166. The van der Waals surface area contributed by atoms with E-state index in [2.05, 4.69) is 19.2 Å². The van der Waals surface area contributed by atoms with Gasteiger partial charge in [-0.3, -0.25) is 0 Å². The summed E-state index contributed by atoms with van der Waals surface area (Å²) in [5.74, 6) is 0. The van der Waals surface area contributed by atoms with Crippen LogP contribution in [0, 0.1) is 0 Å². The van der Waals surface area contributed by atoms with Gasteiger partial charge in [0.05, 0.1) is 12.1 Å². The van der Waals surface area contributed by atoms with E-state index in [9.17, 15) is 0 Å². The second kappa shape index (κ2) is 6.43. The van der Waals surface area contributed by atoms with Gasteiger partial charge in [-0.1, -0.05) is 0 Å². The average Bonchev–Trinajstić information content (AvgIpc) is 2.72. The summed E-state index contributed by atoms with van der Waals surface area (Å²) >= 11 is 0. The van der Waals surface area contributed by atoms with Gasteiger partial charge < -0.3 is 19.5 Å². The summed E-state index contributed by atoms with van der Waals surface area (Å²) < 4.78 is 16.0. The first kappa shape index (κ1) is 12.9. The zero-order valence-electron chi connectivity index (χ0n) is 10.2. The second-order valence-electron chi connectivity index (χ2n) is 4.14.